The van der Waals surface area contributed by atoms with Crippen LogP contribution in [0.2, 0.25) is 0 Å². The van der Waals surface area contributed by atoms with E-state index < -0.39 is 20.7 Å². The van der Waals surface area contributed by atoms with E-state index in [9.17, 15) is 5.26 Å². The molecule has 0 aliphatic carbocycles. The smallest absolute Gasteiger partial charge is 0.500 e. The van der Waals surface area contributed by atoms with Crippen LogP contribution in [0.1, 0.15) is 79.7 Å². The number of furan rings is 1. The van der Waals surface area contributed by atoms with Crippen LogP contribution < -0.4 is 4.57 Å². The van der Waals surface area contributed by atoms with Crippen molar-refractivity contribution in [2.45, 2.75) is 53.2 Å². The summed E-state index contributed by atoms with van der Waals surface area (Å²) in [5.74, 6) is 0.213. The number of para-hydroxylation sites is 1. The van der Waals surface area contributed by atoms with Crippen LogP contribution in [0.4, 0.5) is 0 Å². The van der Waals surface area contributed by atoms with E-state index in [4.69, 9.17) is 16.8 Å². The number of fused-ring (bicyclic) bond motifs is 4. The first-order valence-electron chi connectivity index (χ1n) is 23.2. The van der Waals surface area contributed by atoms with Crippen molar-refractivity contribution in [1.82, 2.24) is 9.55 Å². The Kier molecular flexibility index (Phi) is 8.68. The maximum Gasteiger partial charge on any atom is 3.00 e. The van der Waals surface area contributed by atoms with Crippen LogP contribution in [0.15, 0.2) is 132 Å². The Labute approximate surface area is 367 Å². The van der Waals surface area contributed by atoms with Crippen molar-refractivity contribution in [3.05, 3.63) is 174 Å². The average Bonchev–Trinajstić information content (AvgIpc) is 3.95. The molecule has 0 unspecified atom stereocenters. The predicted octanol–water partition coefficient (Wildman–Crippen LogP) is 12.6. The fourth-order valence-electron chi connectivity index (χ4n) is 7.45. The minimum atomic E-state index is -2.51. The van der Waals surface area contributed by atoms with Crippen molar-refractivity contribution in [3.63, 3.8) is 0 Å². The van der Waals surface area contributed by atoms with E-state index in [1.807, 2.05) is 78.9 Å². The molecule has 0 radical (unpaired) electrons. The summed E-state index contributed by atoms with van der Waals surface area (Å²) >= 11 is 0. The first-order valence-corrected chi connectivity index (χ1v) is 18.7. The quantitative estimate of drug-likeness (QED) is 0.123. The van der Waals surface area contributed by atoms with Gasteiger partial charge >= 0.3 is 20.1 Å². The largest absolute Gasteiger partial charge is 3.00 e. The van der Waals surface area contributed by atoms with Crippen molar-refractivity contribution < 1.29 is 41.4 Å². The minimum Gasteiger partial charge on any atom is -0.500 e. The normalized spacial score (nSPS) is 14.1. The van der Waals surface area contributed by atoms with Gasteiger partial charge in [0.25, 0.3) is 0 Å². The molecule has 0 aliphatic heterocycles. The molecule has 9 aromatic rings. The number of benzene rings is 6. The van der Waals surface area contributed by atoms with Gasteiger partial charge in [-0.05, 0) is 80.7 Å². The third-order valence-electron chi connectivity index (χ3n) is 10.2. The van der Waals surface area contributed by atoms with E-state index in [0.717, 1.165) is 43.3 Å². The third-order valence-corrected chi connectivity index (χ3v) is 10.2. The molecule has 0 saturated carbocycles. The van der Waals surface area contributed by atoms with Crippen LogP contribution in [-0.4, -0.2) is 9.55 Å². The van der Waals surface area contributed by atoms with Crippen molar-refractivity contribution in [3.8, 4) is 45.3 Å². The number of aryl methyl sites for hydroxylation is 3. The SMILES string of the molecule is [2H]C([2H])([2H])[n+]1[c-]n(-c2[c-]cccc2)cc1.[2H]C([2H])([2H])c1cnc(-c2[c-]cc(C([2H])([2H])[2H])c3c2oc2c(-c4ccc5ccccc5c4)c(C#N)ccc23)cc1-c1c(C(C)C)cccc1C(C)C.[Ir+3]. The summed E-state index contributed by atoms with van der Waals surface area (Å²) in [6.07, 6.45) is 7.21. The zero-order chi connectivity index (χ0) is 47.3. The molecule has 6 aromatic carbocycles. The van der Waals surface area contributed by atoms with Crippen LogP contribution >= 0.6 is 0 Å². The second-order valence-electron chi connectivity index (χ2n) is 14.5. The minimum absolute atomic E-state index is 0. The van der Waals surface area contributed by atoms with Gasteiger partial charge in [0, 0.05) is 37.8 Å². The average molecular weight is 942 g/mol. The molecule has 0 atom stereocenters. The molecule has 0 N–H and O–H groups in total. The molecule has 9 rings (SSSR count). The maximum absolute atomic E-state index is 10.3. The second kappa shape index (κ2) is 16.8. The number of hydrogen-bond donors (Lipinski definition) is 0. The molecular weight excluding hydrogens is 889 g/mol. The fraction of sp³-hybridized carbons (Fsp3) is 0.173. The third kappa shape index (κ3) is 7.52. The summed E-state index contributed by atoms with van der Waals surface area (Å²) in [6, 6.07) is 42.3. The van der Waals surface area contributed by atoms with E-state index >= 15 is 0 Å². The van der Waals surface area contributed by atoms with Gasteiger partial charge in [-0.1, -0.05) is 118 Å². The van der Waals surface area contributed by atoms with Crippen molar-refractivity contribution in [1.29, 1.82) is 5.26 Å². The summed E-state index contributed by atoms with van der Waals surface area (Å²) in [7, 11) is 0. The van der Waals surface area contributed by atoms with Crippen LogP contribution in [0.3, 0.4) is 0 Å². The van der Waals surface area contributed by atoms with Gasteiger partial charge in [-0.3, -0.25) is 0 Å². The second-order valence-corrected chi connectivity index (χ2v) is 14.5. The predicted molar refractivity (Wildman–Crippen MR) is 231 cm³/mol. The van der Waals surface area contributed by atoms with E-state index in [-0.39, 0.29) is 48.7 Å². The number of imidazole rings is 1. The number of pyridine rings is 1. The zero-order valence-electron chi connectivity index (χ0n) is 41.3. The van der Waals surface area contributed by atoms with Crippen LogP contribution in [-0.2, 0) is 27.1 Å². The number of hydrogen-bond acceptors (Lipinski definition) is 3. The maximum atomic E-state index is 10.3. The molecular formula is C52H44IrN4O+. The molecule has 0 fully saturated rings. The van der Waals surface area contributed by atoms with Gasteiger partial charge in [0.05, 0.1) is 28.3 Å². The van der Waals surface area contributed by atoms with Crippen molar-refractivity contribution in [2.24, 2.45) is 6.98 Å². The molecule has 0 saturated heterocycles. The van der Waals surface area contributed by atoms with Crippen LogP contribution in [0, 0.1) is 43.5 Å². The van der Waals surface area contributed by atoms with E-state index in [2.05, 4.69) is 57.2 Å². The molecule has 0 aliphatic rings. The molecule has 58 heavy (non-hydrogen) atoms. The molecule has 0 amide bonds. The number of aromatic nitrogens is 3. The Bertz CT molecular complexity index is 3280. The van der Waals surface area contributed by atoms with Gasteiger partial charge in [-0.15, -0.1) is 17.7 Å². The number of nitriles is 1. The summed E-state index contributed by atoms with van der Waals surface area (Å²) in [5.41, 5.74) is 7.46. The number of nitrogens with zero attached hydrogens (tertiary/aromatic N) is 4. The Morgan fingerprint density at radius 1 is 0.810 bits per heavy atom. The zero-order valence-corrected chi connectivity index (χ0v) is 34.7. The van der Waals surface area contributed by atoms with Gasteiger partial charge < -0.3 is 18.5 Å². The first kappa shape index (κ1) is 30.0. The first-order chi connectivity index (χ1) is 31.3. The number of rotatable bonds is 6. The van der Waals surface area contributed by atoms with E-state index in [0.29, 0.717) is 44.3 Å². The molecule has 5 nitrogen and oxygen atoms in total. The monoisotopic (exact) mass is 942 g/mol. The topological polar surface area (TPSA) is 58.6 Å². The summed E-state index contributed by atoms with van der Waals surface area (Å²) in [4.78, 5) is 4.67. The molecule has 3 heterocycles. The standard InChI is InChI=1S/C42H35N2O.C10H9N2.Ir/c1-24(2)32-12-9-13-33(25(3)4)40(32)36-21-37(44-23-27(36)6)34-18-14-26(5)38-35-19-17-31(22-43)39(42(35)45-41(34)38)30-16-15-28-10-7-8-11-29(28)20-30;1-11-7-8-12(9-11)10-5-3-2-4-6-10;/h7-17,19-21,23-25H,1-6H3;2-5,7-8H,1H3;/q2*-1;+3/i5D3,6D3;1D3;. The van der Waals surface area contributed by atoms with Gasteiger partial charge in [0.1, 0.15) is 5.58 Å². The molecule has 0 bridgehead atoms. The fourth-order valence-corrected chi connectivity index (χ4v) is 7.45. The van der Waals surface area contributed by atoms with Crippen molar-refractivity contribution >= 4 is 32.7 Å². The molecule has 0 spiro atoms. The Balaban J connectivity index is 0.000000353. The van der Waals surface area contributed by atoms with E-state index in [1.165, 1.54) is 18.5 Å². The van der Waals surface area contributed by atoms with Crippen LogP contribution in [0.25, 0.3) is 71.9 Å². The summed E-state index contributed by atoms with van der Waals surface area (Å²) in [5, 5.41) is 13.2. The van der Waals surface area contributed by atoms with Gasteiger partial charge in [-0.2, -0.15) is 35.6 Å². The van der Waals surface area contributed by atoms with Gasteiger partial charge in [-0.25, -0.2) is 0 Å². The Morgan fingerprint density at radius 3 is 2.28 bits per heavy atom. The van der Waals surface area contributed by atoms with E-state index in [1.54, 1.807) is 35.0 Å². The molecule has 3 aromatic heterocycles. The van der Waals surface area contributed by atoms with Crippen molar-refractivity contribution in [2.75, 3.05) is 0 Å². The van der Waals surface area contributed by atoms with Gasteiger partial charge in [0.2, 0.25) is 6.33 Å². The van der Waals surface area contributed by atoms with Gasteiger partial charge in [0.15, 0.2) is 0 Å². The molecule has 286 valence electrons. The Morgan fingerprint density at radius 2 is 1.59 bits per heavy atom. The Hall–Kier alpha value is -6.12. The summed E-state index contributed by atoms with van der Waals surface area (Å²) in [6.45, 7) is 1.20. The van der Waals surface area contributed by atoms with Crippen LogP contribution in [0.5, 0.6) is 0 Å². The summed E-state index contributed by atoms with van der Waals surface area (Å²) < 4.78 is 81.6. The molecule has 6 heteroatoms.